The Morgan fingerprint density at radius 1 is 0.727 bits per heavy atom. The van der Waals surface area contributed by atoms with Gasteiger partial charge in [0.1, 0.15) is 0 Å². The normalized spacial score (nSPS) is 13.1. The van der Waals surface area contributed by atoms with Crippen LogP contribution in [0, 0.1) is 32.6 Å². The molecule has 0 saturated heterocycles. The van der Waals surface area contributed by atoms with Crippen LogP contribution in [0.25, 0.3) is 5.69 Å². The summed E-state index contributed by atoms with van der Waals surface area (Å²) in [4.78, 5) is 4.30. The number of aryl methyl sites for hydroxylation is 1. The van der Waals surface area contributed by atoms with Crippen molar-refractivity contribution in [2.75, 3.05) is 16.8 Å². The van der Waals surface area contributed by atoms with E-state index >= 15 is 0 Å². The van der Waals surface area contributed by atoms with E-state index in [9.17, 15) is 0 Å². The van der Waals surface area contributed by atoms with E-state index in [1.807, 2.05) is 22.9 Å². The van der Waals surface area contributed by atoms with Crippen molar-refractivity contribution in [3.05, 3.63) is 132 Å². The minimum absolute atomic E-state index is 0. The quantitative estimate of drug-likeness (QED) is 0.162. The minimum Gasteiger partial charge on any atom is -0.509 e. The van der Waals surface area contributed by atoms with Gasteiger partial charge in [0.15, 0.2) is 0 Å². The second-order valence-corrected chi connectivity index (χ2v) is 12.9. The Hall–Kier alpha value is -3.82. The van der Waals surface area contributed by atoms with Crippen molar-refractivity contribution in [2.24, 2.45) is 0 Å². The Kier molecular flexibility index (Phi) is 8.57. The monoisotopic (exact) mass is 762 g/mol. The number of benzene rings is 4. The van der Waals surface area contributed by atoms with Crippen LogP contribution in [-0.2, 0) is 31.9 Å². The number of fused-ring (bicyclic) bond motifs is 1. The second kappa shape index (κ2) is 11.9. The molecular weight excluding hydrogens is 724 g/mol. The molecule has 230 valence electrons. The molecule has 0 amide bonds. The molecule has 0 radical (unpaired) electrons. The van der Waals surface area contributed by atoms with E-state index in [1.165, 1.54) is 16.7 Å². The predicted molar refractivity (Wildman–Crippen MR) is 176 cm³/mol. The van der Waals surface area contributed by atoms with Gasteiger partial charge in [-0.3, -0.25) is 4.68 Å². The van der Waals surface area contributed by atoms with Gasteiger partial charge in [-0.15, -0.1) is 47.6 Å². The molecule has 5 aromatic rings. The fraction of sp³-hybridized carbons (Fsp3) is 0.263. The van der Waals surface area contributed by atoms with Gasteiger partial charge < -0.3 is 14.5 Å². The van der Waals surface area contributed by atoms with E-state index in [4.69, 9.17) is 9.84 Å². The fourth-order valence-corrected chi connectivity index (χ4v) is 6.12. The number of para-hydroxylation sites is 2. The van der Waals surface area contributed by atoms with Crippen molar-refractivity contribution in [3.8, 4) is 17.2 Å². The van der Waals surface area contributed by atoms with Crippen LogP contribution in [0.2, 0.25) is 0 Å². The van der Waals surface area contributed by atoms with Gasteiger partial charge in [-0.25, -0.2) is 0 Å². The van der Waals surface area contributed by atoms with Gasteiger partial charge in [-0.1, -0.05) is 77.1 Å². The molecule has 6 heteroatoms. The molecular formula is C38H39N4OPt-3. The minimum atomic E-state index is -0.195. The first-order valence-electron chi connectivity index (χ1n) is 14.8. The summed E-state index contributed by atoms with van der Waals surface area (Å²) in [6, 6.07) is 36.3. The topological polar surface area (TPSA) is 33.5 Å². The van der Waals surface area contributed by atoms with Crippen LogP contribution >= 0.6 is 0 Å². The van der Waals surface area contributed by atoms with E-state index in [0.717, 1.165) is 34.1 Å². The number of hydrogen-bond acceptors (Lipinski definition) is 4. The van der Waals surface area contributed by atoms with Gasteiger partial charge in [-0.05, 0) is 49.7 Å². The molecule has 6 rings (SSSR count). The summed E-state index contributed by atoms with van der Waals surface area (Å²) in [5, 5.41) is 4.97. The van der Waals surface area contributed by atoms with E-state index in [2.05, 4.69) is 151 Å². The number of hydrogen-bond donors (Lipinski definition) is 0. The van der Waals surface area contributed by atoms with Crippen LogP contribution < -0.4 is 14.5 Å². The maximum absolute atomic E-state index is 6.50. The van der Waals surface area contributed by atoms with Crippen molar-refractivity contribution in [3.63, 3.8) is 0 Å². The Bertz CT molecular complexity index is 1780. The Labute approximate surface area is 276 Å². The average molecular weight is 763 g/mol. The van der Waals surface area contributed by atoms with Gasteiger partial charge in [-0.2, -0.15) is 17.8 Å². The van der Waals surface area contributed by atoms with Crippen molar-refractivity contribution < 1.29 is 25.8 Å². The van der Waals surface area contributed by atoms with Gasteiger partial charge in [0, 0.05) is 60.6 Å². The Balaban J connectivity index is 0.00000384. The average Bonchev–Trinajstić information content (AvgIpc) is 3.48. The van der Waals surface area contributed by atoms with Gasteiger partial charge in [0.2, 0.25) is 0 Å². The largest absolute Gasteiger partial charge is 0.509 e. The molecule has 1 aliphatic heterocycles. The van der Waals surface area contributed by atoms with E-state index in [-0.39, 0.29) is 31.9 Å². The van der Waals surface area contributed by atoms with E-state index in [0.29, 0.717) is 11.5 Å². The van der Waals surface area contributed by atoms with E-state index < -0.39 is 0 Å². The molecule has 5 nitrogen and oxygen atoms in total. The first kappa shape index (κ1) is 31.6. The summed E-state index contributed by atoms with van der Waals surface area (Å²) >= 11 is 0. The zero-order valence-corrected chi connectivity index (χ0v) is 28.9. The Morgan fingerprint density at radius 2 is 1.39 bits per heavy atom. The third-order valence-electron chi connectivity index (χ3n) is 8.38. The molecule has 2 heterocycles. The molecule has 44 heavy (non-hydrogen) atoms. The van der Waals surface area contributed by atoms with Gasteiger partial charge in [0.25, 0.3) is 0 Å². The number of anilines is 3. The zero-order valence-electron chi connectivity index (χ0n) is 26.7. The van der Waals surface area contributed by atoms with Gasteiger partial charge in [0.05, 0.1) is 5.69 Å². The molecule has 0 N–H and O–H groups in total. The van der Waals surface area contributed by atoms with Crippen LogP contribution in [0.4, 0.5) is 17.1 Å². The molecule has 0 spiro atoms. The number of nitrogens with zero attached hydrogens (tertiary/aromatic N) is 4. The van der Waals surface area contributed by atoms with Crippen molar-refractivity contribution in [2.45, 2.75) is 59.3 Å². The Morgan fingerprint density at radius 3 is 2.09 bits per heavy atom. The van der Waals surface area contributed by atoms with E-state index in [1.54, 1.807) is 0 Å². The number of rotatable bonds is 6. The predicted octanol–water partition coefficient (Wildman–Crippen LogP) is 9.21. The zero-order chi connectivity index (χ0) is 30.5. The summed E-state index contributed by atoms with van der Waals surface area (Å²) in [5.41, 5.74) is 9.52. The third kappa shape index (κ3) is 5.83. The van der Waals surface area contributed by atoms with Crippen molar-refractivity contribution >= 4 is 17.1 Å². The molecule has 4 aromatic carbocycles. The maximum Gasteiger partial charge on any atom is 0.0640 e. The molecule has 0 fully saturated rings. The molecule has 0 unspecified atom stereocenters. The van der Waals surface area contributed by atoms with Crippen LogP contribution in [0.5, 0.6) is 11.5 Å². The standard InChI is InChI=1S/C38H39N4O.Pt/c1-26-36(38(6,7)28-15-10-9-11-16-28)27(2)42(39-26)30-17-14-18-32(23-30)43-33-22-29(37(3,4)5)21-31(24-33)41-25-40(8)34-19-12-13-20-35(34)41;/h9-22,25H,1-8H3;/q-3;. The smallest absolute Gasteiger partial charge is 0.0640 e. The summed E-state index contributed by atoms with van der Waals surface area (Å²) in [7, 11) is 2.07. The van der Waals surface area contributed by atoms with Gasteiger partial charge >= 0.3 is 0 Å². The number of aromatic nitrogens is 2. The molecule has 0 aliphatic carbocycles. The summed E-state index contributed by atoms with van der Waals surface area (Å²) in [5.74, 6) is 1.26. The van der Waals surface area contributed by atoms with Crippen LogP contribution in [0.3, 0.4) is 0 Å². The molecule has 1 aliphatic rings. The third-order valence-corrected chi connectivity index (χ3v) is 8.38. The van der Waals surface area contributed by atoms with Crippen LogP contribution in [0.15, 0.2) is 84.9 Å². The molecule has 0 bridgehead atoms. The maximum atomic E-state index is 6.50. The van der Waals surface area contributed by atoms with Crippen LogP contribution in [0.1, 0.15) is 62.7 Å². The first-order chi connectivity index (χ1) is 20.4. The van der Waals surface area contributed by atoms with Crippen molar-refractivity contribution in [1.82, 2.24) is 9.78 Å². The molecule has 1 aromatic heterocycles. The van der Waals surface area contributed by atoms with Crippen molar-refractivity contribution in [1.29, 1.82) is 0 Å². The SMILES string of the molecule is Cc1nn(-c2[c-]c(Oc3[c-]c(N4[CH-]N(C)c5ccccc54)cc(C(C)(C)C)c3)ccc2)c(C)c1C(C)(C)c1ccccc1.[Pt]. The second-order valence-electron chi connectivity index (χ2n) is 12.9. The fourth-order valence-electron chi connectivity index (χ4n) is 6.12. The molecule has 0 saturated carbocycles. The summed E-state index contributed by atoms with van der Waals surface area (Å²) in [6.45, 7) is 17.5. The summed E-state index contributed by atoms with van der Waals surface area (Å²) in [6.07, 6.45) is 0. The molecule has 0 atom stereocenters. The van der Waals surface area contributed by atoms with Crippen LogP contribution in [-0.4, -0.2) is 16.8 Å². The first-order valence-corrected chi connectivity index (χ1v) is 14.8. The number of ether oxygens (including phenoxy) is 1. The summed E-state index contributed by atoms with van der Waals surface area (Å²) < 4.78 is 8.48.